The van der Waals surface area contributed by atoms with E-state index in [9.17, 15) is 4.79 Å². The zero-order valence-corrected chi connectivity index (χ0v) is 11.9. The number of rotatable bonds is 4. The van der Waals surface area contributed by atoms with Gasteiger partial charge in [-0.3, -0.25) is 9.78 Å². The predicted molar refractivity (Wildman–Crippen MR) is 79.2 cm³/mol. The number of amides is 1. The molecular formula is C14H13ClN2OS. The number of carbonyl (C=O) groups is 1. The second-order valence-electron chi connectivity index (χ2n) is 3.99. The van der Waals surface area contributed by atoms with Crippen LogP contribution in [0.1, 0.15) is 23.4 Å². The number of hydrogen-bond donors (Lipinski definition) is 1. The van der Waals surface area contributed by atoms with Crippen LogP contribution >= 0.6 is 22.9 Å². The molecule has 1 amide bonds. The highest BCUT2D eigenvalue weighted by Gasteiger charge is 2.09. The van der Waals surface area contributed by atoms with E-state index in [1.165, 1.54) is 17.4 Å². The molecule has 3 nitrogen and oxygen atoms in total. The fourth-order valence-corrected chi connectivity index (χ4v) is 2.60. The van der Waals surface area contributed by atoms with Crippen LogP contribution in [0.25, 0.3) is 6.08 Å². The van der Waals surface area contributed by atoms with Crippen LogP contribution < -0.4 is 5.32 Å². The highest BCUT2D eigenvalue weighted by molar-refractivity contribution is 7.16. The molecule has 2 aromatic rings. The maximum absolute atomic E-state index is 11.8. The number of thiophene rings is 1. The lowest BCUT2D eigenvalue weighted by Crippen LogP contribution is -2.23. The molecule has 2 aromatic heterocycles. The Balaban J connectivity index is 1.93. The van der Waals surface area contributed by atoms with E-state index in [2.05, 4.69) is 10.3 Å². The van der Waals surface area contributed by atoms with Crippen molar-refractivity contribution >= 4 is 34.9 Å². The molecular weight excluding hydrogens is 280 g/mol. The number of nitrogens with zero attached hydrogens (tertiary/aromatic N) is 1. The quantitative estimate of drug-likeness (QED) is 0.873. The summed E-state index contributed by atoms with van der Waals surface area (Å²) in [5.74, 6) is -0.131. The van der Waals surface area contributed by atoms with Crippen molar-refractivity contribution in [1.82, 2.24) is 10.3 Å². The molecule has 0 bridgehead atoms. The van der Waals surface area contributed by atoms with Gasteiger partial charge in [-0.25, -0.2) is 0 Å². The Labute approximate surface area is 120 Å². The Hall–Kier alpha value is -1.65. The first-order chi connectivity index (χ1) is 9.15. The second-order valence-corrected chi connectivity index (χ2v) is 5.73. The van der Waals surface area contributed by atoms with Crippen molar-refractivity contribution in [3.05, 3.63) is 57.5 Å². The molecule has 1 N–H and O–H groups in total. The molecule has 0 aliphatic carbocycles. The first-order valence-corrected chi connectivity index (χ1v) is 6.98. The normalized spacial score (nSPS) is 12.5. The molecule has 0 aliphatic heterocycles. The fraction of sp³-hybridized carbons (Fsp3) is 0.143. The van der Waals surface area contributed by atoms with Gasteiger partial charge in [-0.15, -0.1) is 11.3 Å². The lowest BCUT2D eigenvalue weighted by molar-refractivity contribution is -0.117. The van der Waals surface area contributed by atoms with Crippen molar-refractivity contribution < 1.29 is 4.79 Å². The van der Waals surface area contributed by atoms with Crippen molar-refractivity contribution in [1.29, 1.82) is 0 Å². The SMILES string of the molecule is CC(NC(=O)C=Cc1ccncc1)c1ccc(Cl)s1. The summed E-state index contributed by atoms with van der Waals surface area (Å²) in [5.41, 5.74) is 0.942. The standard InChI is InChI=1S/C14H13ClN2OS/c1-10(12-3-4-13(15)19-12)17-14(18)5-2-11-6-8-16-9-7-11/h2-10H,1H3,(H,17,18). The van der Waals surface area contributed by atoms with E-state index in [0.29, 0.717) is 0 Å². The summed E-state index contributed by atoms with van der Waals surface area (Å²) in [6.07, 6.45) is 6.65. The van der Waals surface area contributed by atoms with Crippen molar-refractivity contribution in [2.24, 2.45) is 0 Å². The molecule has 1 unspecified atom stereocenters. The molecule has 98 valence electrons. The third-order valence-corrected chi connectivity index (χ3v) is 3.93. The number of nitrogens with one attached hydrogen (secondary N) is 1. The van der Waals surface area contributed by atoms with Crippen LogP contribution in [-0.2, 0) is 4.79 Å². The number of carbonyl (C=O) groups excluding carboxylic acids is 1. The minimum atomic E-state index is -0.131. The lowest BCUT2D eigenvalue weighted by atomic mass is 10.2. The number of pyridine rings is 1. The van der Waals surface area contributed by atoms with Crippen LogP contribution in [0, 0.1) is 0 Å². The van der Waals surface area contributed by atoms with Crippen molar-refractivity contribution in [2.45, 2.75) is 13.0 Å². The average molecular weight is 293 g/mol. The van der Waals surface area contributed by atoms with Gasteiger partial charge in [0.1, 0.15) is 0 Å². The van der Waals surface area contributed by atoms with Crippen molar-refractivity contribution in [3.8, 4) is 0 Å². The van der Waals surface area contributed by atoms with E-state index < -0.39 is 0 Å². The Morgan fingerprint density at radius 2 is 2.11 bits per heavy atom. The minimum Gasteiger partial charge on any atom is -0.345 e. The molecule has 0 aliphatic rings. The summed E-state index contributed by atoms with van der Waals surface area (Å²) < 4.78 is 0.725. The number of aromatic nitrogens is 1. The Morgan fingerprint density at radius 3 is 2.74 bits per heavy atom. The molecule has 0 spiro atoms. The average Bonchev–Trinajstić information content (AvgIpc) is 2.84. The van der Waals surface area contributed by atoms with E-state index in [1.807, 2.05) is 31.2 Å². The second kappa shape index (κ2) is 6.50. The third-order valence-electron chi connectivity index (χ3n) is 2.51. The van der Waals surface area contributed by atoms with Gasteiger partial charge >= 0.3 is 0 Å². The summed E-state index contributed by atoms with van der Waals surface area (Å²) in [6, 6.07) is 7.38. The Bertz CT molecular complexity index is 580. The summed E-state index contributed by atoms with van der Waals surface area (Å²) in [5, 5.41) is 2.89. The highest BCUT2D eigenvalue weighted by Crippen LogP contribution is 2.26. The van der Waals surface area contributed by atoms with Gasteiger partial charge in [0, 0.05) is 23.3 Å². The van der Waals surface area contributed by atoms with Crippen LogP contribution in [0.3, 0.4) is 0 Å². The van der Waals surface area contributed by atoms with Gasteiger partial charge in [0.2, 0.25) is 5.91 Å². The monoisotopic (exact) mass is 292 g/mol. The van der Waals surface area contributed by atoms with Crippen LogP contribution in [0.2, 0.25) is 4.34 Å². The molecule has 0 saturated carbocycles. The van der Waals surface area contributed by atoms with Gasteiger partial charge in [-0.2, -0.15) is 0 Å². The Morgan fingerprint density at radius 1 is 1.37 bits per heavy atom. The van der Waals surface area contributed by atoms with Gasteiger partial charge in [0.15, 0.2) is 0 Å². The molecule has 0 aromatic carbocycles. The van der Waals surface area contributed by atoms with Gasteiger partial charge in [0.05, 0.1) is 10.4 Å². The van der Waals surface area contributed by atoms with Crippen LogP contribution in [0.4, 0.5) is 0 Å². The van der Waals surface area contributed by atoms with Gasteiger partial charge in [-0.1, -0.05) is 11.6 Å². The maximum atomic E-state index is 11.8. The summed E-state index contributed by atoms with van der Waals surface area (Å²) in [4.78, 5) is 16.7. The van der Waals surface area contributed by atoms with E-state index in [0.717, 1.165) is 14.8 Å². The zero-order chi connectivity index (χ0) is 13.7. The first kappa shape index (κ1) is 13.8. The molecule has 2 rings (SSSR count). The molecule has 5 heteroatoms. The van der Waals surface area contributed by atoms with Crippen LogP contribution in [-0.4, -0.2) is 10.9 Å². The predicted octanol–water partition coefficient (Wildman–Crippen LogP) is 3.69. The van der Waals surface area contributed by atoms with Crippen molar-refractivity contribution in [3.63, 3.8) is 0 Å². The molecule has 0 radical (unpaired) electrons. The maximum Gasteiger partial charge on any atom is 0.244 e. The largest absolute Gasteiger partial charge is 0.345 e. The lowest BCUT2D eigenvalue weighted by Gasteiger charge is -2.09. The summed E-state index contributed by atoms with van der Waals surface area (Å²) in [7, 11) is 0. The first-order valence-electron chi connectivity index (χ1n) is 5.79. The molecule has 0 fully saturated rings. The number of hydrogen-bond acceptors (Lipinski definition) is 3. The summed E-state index contributed by atoms with van der Waals surface area (Å²) in [6.45, 7) is 1.93. The molecule has 2 heterocycles. The van der Waals surface area contributed by atoms with Gasteiger partial charge in [-0.05, 0) is 42.8 Å². The number of halogens is 1. The highest BCUT2D eigenvalue weighted by atomic mass is 35.5. The van der Waals surface area contributed by atoms with Gasteiger partial charge < -0.3 is 5.32 Å². The third kappa shape index (κ3) is 4.19. The van der Waals surface area contributed by atoms with E-state index in [1.54, 1.807) is 18.5 Å². The fourth-order valence-electron chi connectivity index (χ4n) is 1.54. The molecule has 0 saturated heterocycles. The van der Waals surface area contributed by atoms with Crippen LogP contribution in [0.15, 0.2) is 42.7 Å². The molecule has 1 atom stereocenters. The van der Waals surface area contributed by atoms with Gasteiger partial charge in [0.25, 0.3) is 0 Å². The van der Waals surface area contributed by atoms with Crippen molar-refractivity contribution in [2.75, 3.05) is 0 Å². The molecule has 19 heavy (non-hydrogen) atoms. The smallest absolute Gasteiger partial charge is 0.244 e. The van der Waals surface area contributed by atoms with E-state index in [4.69, 9.17) is 11.6 Å². The zero-order valence-electron chi connectivity index (χ0n) is 10.3. The Kier molecular flexibility index (Phi) is 4.71. The minimum absolute atomic E-state index is 0.0490. The topological polar surface area (TPSA) is 42.0 Å². The summed E-state index contributed by atoms with van der Waals surface area (Å²) >= 11 is 7.34. The van der Waals surface area contributed by atoms with Crippen LogP contribution in [0.5, 0.6) is 0 Å². The van der Waals surface area contributed by atoms with E-state index >= 15 is 0 Å². The van der Waals surface area contributed by atoms with E-state index in [-0.39, 0.29) is 11.9 Å².